The van der Waals surface area contributed by atoms with E-state index < -0.39 is 11.9 Å². The summed E-state index contributed by atoms with van der Waals surface area (Å²) in [7, 11) is 0. The summed E-state index contributed by atoms with van der Waals surface area (Å²) in [5.41, 5.74) is 5.26. The van der Waals surface area contributed by atoms with E-state index in [1.54, 1.807) is 6.92 Å². The van der Waals surface area contributed by atoms with E-state index in [0.29, 0.717) is 5.84 Å². The summed E-state index contributed by atoms with van der Waals surface area (Å²) in [6.07, 6.45) is -1.48. The Hall–Kier alpha value is -0.940. The first-order chi connectivity index (χ1) is 7.52. The standard InChI is InChI=1S/C11H12BrFN2O/c1-11(7-3-2-4-8(12)5-7)10(13)16-6-9(14)15-11/h2-5,10H,6H2,1H3,(H2,14,15)/t10-,11+/m1/s1. The van der Waals surface area contributed by atoms with Crippen LogP contribution in [0.5, 0.6) is 0 Å². The first-order valence-electron chi connectivity index (χ1n) is 4.88. The Morgan fingerprint density at radius 1 is 1.62 bits per heavy atom. The molecule has 1 aromatic rings. The van der Waals surface area contributed by atoms with E-state index in [4.69, 9.17) is 10.5 Å². The zero-order valence-corrected chi connectivity index (χ0v) is 10.4. The Morgan fingerprint density at radius 3 is 3.06 bits per heavy atom. The second-order valence-corrected chi connectivity index (χ2v) is 4.80. The number of hydrogen-bond donors (Lipinski definition) is 1. The molecule has 0 saturated heterocycles. The average Bonchev–Trinajstić information content (AvgIpc) is 2.24. The van der Waals surface area contributed by atoms with Crippen LogP contribution in [0.15, 0.2) is 33.7 Å². The predicted octanol–water partition coefficient (Wildman–Crippen LogP) is 2.35. The number of ether oxygens (including phenoxy) is 1. The van der Waals surface area contributed by atoms with Crippen LogP contribution in [0.1, 0.15) is 12.5 Å². The van der Waals surface area contributed by atoms with E-state index in [-0.39, 0.29) is 6.61 Å². The van der Waals surface area contributed by atoms with Crippen LogP contribution < -0.4 is 5.73 Å². The Bertz CT molecular complexity index is 438. The Labute approximate surface area is 102 Å². The van der Waals surface area contributed by atoms with Crippen molar-refractivity contribution in [2.24, 2.45) is 10.7 Å². The summed E-state index contributed by atoms with van der Waals surface area (Å²) < 4.78 is 19.7. The summed E-state index contributed by atoms with van der Waals surface area (Å²) in [4.78, 5) is 4.18. The molecule has 0 aliphatic carbocycles. The molecule has 1 heterocycles. The molecule has 0 spiro atoms. The number of benzene rings is 1. The van der Waals surface area contributed by atoms with Gasteiger partial charge in [0.05, 0.1) is 0 Å². The summed E-state index contributed by atoms with van der Waals surface area (Å²) in [5, 5.41) is 0. The zero-order chi connectivity index (χ0) is 11.8. The molecule has 0 fully saturated rings. The summed E-state index contributed by atoms with van der Waals surface area (Å²) in [6, 6.07) is 7.33. The fourth-order valence-electron chi connectivity index (χ4n) is 1.70. The number of rotatable bonds is 1. The quantitative estimate of drug-likeness (QED) is 0.862. The van der Waals surface area contributed by atoms with Gasteiger partial charge in [0.1, 0.15) is 18.0 Å². The smallest absolute Gasteiger partial charge is 0.228 e. The fourth-order valence-corrected chi connectivity index (χ4v) is 2.10. The fraction of sp³-hybridized carbons (Fsp3) is 0.364. The summed E-state index contributed by atoms with van der Waals surface area (Å²) >= 11 is 3.34. The molecular weight excluding hydrogens is 275 g/mol. The molecule has 0 unspecified atom stereocenters. The van der Waals surface area contributed by atoms with Crippen molar-refractivity contribution in [1.29, 1.82) is 0 Å². The third kappa shape index (κ3) is 1.97. The van der Waals surface area contributed by atoms with Gasteiger partial charge in [0, 0.05) is 4.47 Å². The molecule has 1 aromatic carbocycles. The Balaban J connectivity index is 2.47. The highest BCUT2D eigenvalue weighted by atomic mass is 79.9. The van der Waals surface area contributed by atoms with E-state index in [2.05, 4.69) is 20.9 Å². The maximum absolute atomic E-state index is 13.8. The average molecular weight is 287 g/mol. The predicted molar refractivity (Wildman–Crippen MR) is 64.0 cm³/mol. The molecular formula is C11H12BrFN2O. The van der Waals surface area contributed by atoms with E-state index in [0.717, 1.165) is 10.0 Å². The van der Waals surface area contributed by atoms with Crippen LogP contribution in [0.25, 0.3) is 0 Å². The topological polar surface area (TPSA) is 47.6 Å². The van der Waals surface area contributed by atoms with Crippen molar-refractivity contribution in [1.82, 2.24) is 0 Å². The van der Waals surface area contributed by atoms with E-state index in [1.807, 2.05) is 24.3 Å². The van der Waals surface area contributed by atoms with Gasteiger partial charge >= 0.3 is 0 Å². The van der Waals surface area contributed by atoms with Crippen LogP contribution in [0.4, 0.5) is 4.39 Å². The van der Waals surface area contributed by atoms with E-state index >= 15 is 0 Å². The van der Waals surface area contributed by atoms with Gasteiger partial charge in [0.2, 0.25) is 6.36 Å². The second kappa shape index (κ2) is 4.14. The SMILES string of the molecule is C[C@@]1(c2cccc(Br)c2)N=C(N)CO[C@H]1F. The minimum atomic E-state index is -1.48. The van der Waals surface area contributed by atoms with Crippen molar-refractivity contribution >= 4 is 21.8 Å². The first kappa shape index (κ1) is 11.5. The zero-order valence-electron chi connectivity index (χ0n) is 8.78. The minimum Gasteiger partial charge on any atom is -0.385 e. The van der Waals surface area contributed by atoms with E-state index in [9.17, 15) is 4.39 Å². The maximum atomic E-state index is 13.8. The van der Waals surface area contributed by atoms with Crippen molar-refractivity contribution in [2.45, 2.75) is 18.8 Å². The van der Waals surface area contributed by atoms with Crippen LogP contribution in [-0.4, -0.2) is 18.8 Å². The molecule has 2 rings (SSSR count). The molecule has 2 N–H and O–H groups in total. The number of nitrogens with zero attached hydrogens (tertiary/aromatic N) is 1. The van der Waals surface area contributed by atoms with Crippen LogP contribution in [0.2, 0.25) is 0 Å². The van der Waals surface area contributed by atoms with Gasteiger partial charge in [-0.1, -0.05) is 28.1 Å². The molecule has 0 saturated carbocycles. The normalized spacial score (nSPS) is 29.9. The van der Waals surface area contributed by atoms with Gasteiger partial charge in [-0.3, -0.25) is 4.99 Å². The Morgan fingerprint density at radius 2 is 2.38 bits per heavy atom. The largest absolute Gasteiger partial charge is 0.385 e. The molecule has 16 heavy (non-hydrogen) atoms. The molecule has 3 nitrogen and oxygen atoms in total. The van der Waals surface area contributed by atoms with Crippen LogP contribution in [0, 0.1) is 0 Å². The van der Waals surface area contributed by atoms with Crippen molar-refractivity contribution in [2.75, 3.05) is 6.61 Å². The molecule has 2 atom stereocenters. The number of aliphatic imine (C=N–C) groups is 1. The lowest BCUT2D eigenvalue weighted by Gasteiger charge is -2.33. The van der Waals surface area contributed by atoms with Gasteiger partial charge in [-0.25, -0.2) is 4.39 Å². The molecule has 0 aromatic heterocycles. The van der Waals surface area contributed by atoms with Gasteiger partial charge in [0.15, 0.2) is 0 Å². The van der Waals surface area contributed by atoms with Crippen molar-refractivity contribution in [3.8, 4) is 0 Å². The number of amidine groups is 1. The molecule has 86 valence electrons. The van der Waals surface area contributed by atoms with Crippen molar-refractivity contribution in [3.63, 3.8) is 0 Å². The molecule has 0 radical (unpaired) electrons. The van der Waals surface area contributed by atoms with Crippen molar-refractivity contribution < 1.29 is 9.13 Å². The minimum absolute atomic E-state index is 0.0464. The van der Waals surface area contributed by atoms with Gasteiger partial charge in [0.25, 0.3) is 0 Å². The summed E-state index contributed by atoms with van der Waals surface area (Å²) in [6.45, 7) is 1.72. The monoisotopic (exact) mass is 286 g/mol. The number of nitrogens with two attached hydrogens (primary N) is 1. The number of alkyl halides is 1. The molecule has 1 aliphatic heterocycles. The van der Waals surface area contributed by atoms with Crippen molar-refractivity contribution in [3.05, 3.63) is 34.3 Å². The van der Waals surface area contributed by atoms with Gasteiger partial charge < -0.3 is 10.5 Å². The highest BCUT2D eigenvalue weighted by molar-refractivity contribution is 9.10. The highest BCUT2D eigenvalue weighted by Gasteiger charge is 2.40. The number of hydrogen-bond acceptors (Lipinski definition) is 3. The van der Waals surface area contributed by atoms with Crippen LogP contribution >= 0.6 is 15.9 Å². The van der Waals surface area contributed by atoms with Gasteiger partial charge in [-0.05, 0) is 24.6 Å². The van der Waals surface area contributed by atoms with Crippen LogP contribution in [0.3, 0.4) is 0 Å². The molecule has 1 aliphatic rings. The molecule has 0 bridgehead atoms. The third-order valence-corrected chi connectivity index (χ3v) is 3.10. The summed E-state index contributed by atoms with van der Waals surface area (Å²) in [5.74, 6) is 0.316. The Kier molecular flexibility index (Phi) is 2.99. The van der Waals surface area contributed by atoms with Gasteiger partial charge in [-0.15, -0.1) is 0 Å². The molecule has 0 amide bonds. The number of halogens is 2. The maximum Gasteiger partial charge on any atom is 0.228 e. The second-order valence-electron chi connectivity index (χ2n) is 3.89. The highest BCUT2D eigenvalue weighted by Crippen LogP contribution is 2.35. The van der Waals surface area contributed by atoms with Gasteiger partial charge in [-0.2, -0.15) is 0 Å². The molecule has 5 heteroatoms. The van der Waals surface area contributed by atoms with Crippen LogP contribution in [-0.2, 0) is 10.3 Å². The van der Waals surface area contributed by atoms with E-state index in [1.165, 1.54) is 0 Å². The lowest BCUT2D eigenvalue weighted by Crippen LogP contribution is -2.43. The first-order valence-corrected chi connectivity index (χ1v) is 5.67. The lowest BCUT2D eigenvalue weighted by atomic mass is 9.92. The lowest BCUT2D eigenvalue weighted by molar-refractivity contribution is -0.0796. The third-order valence-electron chi connectivity index (χ3n) is 2.60.